The van der Waals surface area contributed by atoms with Gasteiger partial charge in [0.15, 0.2) is 0 Å². The van der Waals surface area contributed by atoms with Crippen molar-refractivity contribution >= 4 is 17.3 Å². The van der Waals surface area contributed by atoms with Crippen molar-refractivity contribution in [2.24, 2.45) is 0 Å². The molecular formula is C15H21ClN2O. The lowest BCUT2D eigenvalue weighted by Crippen LogP contribution is -2.37. The van der Waals surface area contributed by atoms with Crippen LogP contribution in [-0.4, -0.2) is 42.2 Å². The zero-order valence-corrected chi connectivity index (χ0v) is 12.1. The molecule has 1 aromatic carbocycles. The molecule has 0 amide bonds. The number of fused-ring (bicyclic) bond motifs is 2. The zero-order valence-electron chi connectivity index (χ0n) is 11.3. The minimum absolute atomic E-state index is 0.0519. The Morgan fingerprint density at radius 2 is 2.05 bits per heavy atom. The molecule has 0 saturated carbocycles. The molecule has 3 rings (SSSR count). The van der Waals surface area contributed by atoms with Gasteiger partial charge in [0.2, 0.25) is 0 Å². The van der Waals surface area contributed by atoms with Gasteiger partial charge in [0.25, 0.3) is 0 Å². The second-order valence-corrected chi connectivity index (χ2v) is 6.10. The third kappa shape index (κ3) is 2.35. The van der Waals surface area contributed by atoms with Crippen LogP contribution in [0.5, 0.6) is 0 Å². The number of hydrogen-bond donors (Lipinski definition) is 1. The normalized spacial score (nSPS) is 27.6. The molecule has 2 bridgehead atoms. The molecule has 2 unspecified atom stereocenters. The molecule has 2 aliphatic heterocycles. The molecule has 19 heavy (non-hydrogen) atoms. The number of benzene rings is 1. The third-order valence-electron chi connectivity index (χ3n) is 4.71. The number of anilines is 1. The standard InChI is InChI=1S/C15H21ClN2O/c1-17-12-5-6-13(17)9-18(8-7-12)15-11(10-19)3-2-4-14(15)16/h2-4,12-13,19H,5-10H2,1H3. The molecule has 2 heterocycles. The average Bonchev–Trinajstić information content (AvgIpc) is 2.64. The van der Waals surface area contributed by atoms with E-state index < -0.39 is 0 Å². The Morgan fingerprint density at radius 3 is 2.84 bits per heavy atom. The van der Waals surface area contributed by atoms with Crippen LogP contribution in [0.3, 0.4) is 0 Å². The first-order valence-corrected chi connectivity index (χ1v) is 7.43. The van der Waals surface area contributed by atoms with Gasteiger partial charge < -0.3 is 10.0 Å². The lowest BCUT2D eigenvalue weighted by atomic mass is 10.1. The number of hydrogen-bond acceptors (Lipinski definition) is 3. The van der Waals surface area contributed by atoms with Crippen LogP contribution in [0.25, 0.3) is 0 Å². The van der Waals surface area contributed by atoms with Gasteiger partial charge in [-0.2, -0.15) is 0 Å². The van der Waals surface area contributed by atoms with Crippen LogP contribution >= 0.6 is 11.6 Å². The fourth-order valence-electron chi connectivity index (χ4n) is 3.55. The topological polar surface area (TPSA) is 26.7 Å². The minimum atomic E-state index is 0.0519. The number of rotatable bonds is 2. The van der Waals surface area contributed by atoms with Crippen molar-refractivity contribution in [3.8, 4) is 0 Å². The first-order chi connectivity index (χ1) is 9.20. The van der Waals surface area contributed by atoms with Crippen molar-refractivity contribution in [1.82, 2.24) is 4.90 Å². The Morgan fingerprint density at radius 1 is 1.26 bits per heavy atom. The fourth-order valence-corrected chi connectivity index (χ4v) is 3.87. The Bertz CT molecular complexity index is 465. The lowest BCUT2D eigenvalue weighted by Gasteiger charge is -2.29. The van der Waals surface area contributed by atoms with Gasteiger partial charge in [-0.3, -0.25) is 4.90 Å². The number of nitrogens with zero attached hydrogens (tertiary/aromatic N) is 2. The second-order valence-electron chi connectivity index (χ2n) is 5.69. The van der Waals surface area contributed by atoms with E-state index in [0.29, 0.717) is 6.04 Å². The van der Waals surface area contributed by atoms with E-state index in [2.05, 4.69) is 16.8 Å². The molecular weight excluding hydrogens is 260 g/mol. The highest BCUT2D eigenvalue weighted by Crippen LogP contribution is 2.35. The summed E-state index contributed by atoms with van der Waals surface area (Å²) in [5, 5.41) is 10.3. The molecule has 0 radical (unpaired) electrons. The molecule has 2 fully saturated rings. The summed E-state index contributed by atoms with van der Waals surface area (Å²) < 4.78 is 0. The van der Waals surface area contributed by atoms with Gasteiger partial charge in [0.1, 0.15) is 0 Å². The monoisotopic (exact) mass is 280 g/mol. The first-order valence-electron chi connectivity index (χ1n) is 7.06. The predicted molar refractivity (Wildman–Crippen MR) is 78.8 cm³/mol. The number of para-hydroxylation sites is 1. The van der Waals surface area contributed by atoms with E-state index in [1.54, 1.807) is 0 Å². The summed E-state index contributed by atoms with van der Waals surface area (Å²) in [6.07, 6.45) is 3.78. The van der Waals surface area contributed by atoms with E-state index in [0.717, 1.165) is 35.4 Å². The molecule has 0 spiro atoms. The number of aliphatic hydroxyl groups is 1. The van der Waals surface area contributed by atoms with Crippen LogP contribution in [0.15, 0.2) is 18.2 Å². The molecule has 0 aromatic heterocycles. The van der Waals surface area contributed by atoms with Gasteiger partial charge in [0.05, 0.1) is 17.3 Å². The van der Waals surface area contributed by atoms with Crippen molar-refractivity contribution < 1.29 is 5.11 Å². The van der Waals surface area contributed by atoms with Crippen LogP contribution < -0.4 is 4.90 Å². The van der Waals surface area contributed by atoms with E-state index in [-0.39, 0.29) is 6.61 Å². The quantitative estimate of drug-likeness (QED) is 0.902. The lowest BCUT2D eigenvalue weighted by molar-refractivity contribution is 0.254. The van der Waals surface area contributed by atoms with Crippen molar-refractivity contribution in [3.63, 3.8) is 0 Å². The summed E-state index contributed by atoms with van der Waals surface area (Å²) in [6.45, 7) is 2.10. The molecule has 3 nitrogen and oxygen atoms in total. The minimum Gasteiger partial charge on any atom is -0.392 e. The summed E-state index contributed by atoms with van der Waals surface area (Å²) in [6, 6.07) is 7.13. The predicted octanol–water partition coefficient (Wildman–Crippen LogP) is 2.51. The van der Waals surface area contributed by atoms with Gasteiger partial charge in [-0.05, 0) is 32.4 Å². The molecule has 1 aromatic rings. The van der Waals surface area contributed by atoms with E-state index in [9.17, 15) is 5.11 Å². The Hall–Kier alpha value is -0.770. The van der Waals surface area contributed by atoms with Gasteiger partial charge in [0, 0.05) is 30.7 Å². The smallest absolute Gasteiger partial charge is 0.0702 e. The first kappa shape index (κ1) is 13.2. The van der Waals surface area contributed by atoms with Gasteiger partial charge in [-0.25, -0.2) is 0 Å². The Kier molecular flexibility index (Phi) is 3.70. The van der Waals surface area contributed by atoms with Crippen LogP contribution in [0, 0.1) is 0 Å². The summed E-state index contributed by atoms with van der Waals surface area (Å²) in [4.78, 5) is 4.89. The third-order valence-corrected chi connectivity index (χ3v) is 5.01. The summed E-state index contributed by atoms with van der Waals surface area (Å²) in [5.74, 6) is 0. The highest BCUT2D eigenvalue weighted by Gasteiger charge is 2.35. The maximum Gasteiger partial charge on any atom is 0.0702 e. The van der Waals surface area contributed by atoms with E-state index >= 15 is 0 Å². The Labute approximate surface area is 119 Å². The molecule has 0 aliphatic carbocycles. The second kappa shape index (κ2) is 5.31. The Balaban J connectivity index is 1.91. The molecule has 2 saturated heterocycles. The average molecular weight is 281 g/mol. The molecule has 104 valence electrons. The van der Waals surface area contributed by atoms with Crippen LogP contribution in [0.4, 0.5) is 5.69 Å². The summed E-state index contributed by atoms with van der Waals surface area (Å²) in [5.41, 5.74) is 1.97. The maximum atomic E-state index is 9.53. The largest absolute Gasteiger partial charge is 0.392 e. The molecule has 4 heteroatoms. The fraction of sp³-hybridized carbons (Fsp3) is 0.600. The van der Waals surface area contributed by atoms with Gasteiger partial charge in [-0.1, -0.05) is 23.7 Å². The molecule has 2 atom stereocenters. The van der Waals surface area contributed by atoms with Gasteiger partial charge >= 0.3 is 0 Å². The molecule has 1 N–H and O–H groups in total. The summed E-state index contributed by atoms with van der Waals surface area (Å²) >= 11 is 6.37. The van der Waals surface area contributed by atoms with Crippen molar-refractivity contribution in [1.29, 1.82) is 0 Å². The van der Waals surface area contributed by atoms with Crippen LogP contribution in [0.1, 0.15) is 24.8 Å². The highest BCUT2D eigenvalue weighted by atomic mass is 35.5. The highest BCUT2D eigenvalue weighted by molar-refractivity contribution is 6.33. The maximum absolute atomic E-state index is 9.53. The zero-order chi connectivity index (χ0) is 13.4. The van der Waals surface area contributed by atoms with Crippen molar-refractivity contribution in [2.45, 2.75) is 38.0 Å². The van der Waals surface area contributed by atoms with Crippen LogP contribution in [-0.2, 0) is 6.61 Å². The van der Waals surface area contributed by atoms with Crippen molar-refractivity contribution in [2.75, 3.05) is 25.0 Å². The number of halogens is 1. The van der Waals surface area contributed by atoms with Crippen molar-refractivity contribution in [3.05, 3.63) is 28.8 Å². The van der Waals surface area contributed by atoms with E-state index in [4.69, 9.17) is 11.6 Å². The van der Waals surface area contributed by atoms with E-state index in [1.165, 1.54) is 19.3 Å². The number of likely N-dealkylation sites (N-methyl/N-ethyl adjacent to an activating group) is 1. The van der Waals surface area contributed by atoms with Gasteiger partial charge in [-0.15, -0.1) is 0 Å². The molecule has 2 aliphatic rings. The number of aliphatic hydroxyl groups excluding tert-OH is 1. The van der Waals surface area contributed by atoms with E-state index in [1.807, 2.05) is 18.2 Å². The summed E-state index contributed by atoms with van der Waals surface area (Å²) in [7, 11) is 2.24. The van der Waals surface area contributed by atoms with Crippen LogP contribution in [0.2, 0.25) is 5.02 Å². The SMILES string of the molecule is CN1C2CCC1CN(c1c(Cl)cccc1CO)CC2.